The highest BCUT2D eigenvalue weighted by Gasteiger charge is 2.32. The van der Waals surface area contributed by atoms with Gasteiger partial charge in [-0.3, -0.25) is 0 Å². The molecule has 0 atom stereocenters. The molecule has 0 aromatic carbocycles. The van der Waals surface area contributed by atoms with E-state index in [9.17, 15) is 13.2 Å². The Balaban J connectivity index is 3.06. The van der Waals surface area contributed by atoms with Gasteiger partial charge in [0.05, 0.1) is 0 Å². The molecule has 1 saturated carbocycles. The van der Waals surface area contributed by atoms with Crippen molar-refractivity contribution in [3.63, 3.8) is 0 Å². The standard InChI is InChI=1S/C15H15F3/c1-9(2)6-13-8-14(12(5)11(13)4)7-10(3)15(16,17)18/h6-7H,1,3-5,8H2,2H3/b13-6-,14-7-. The van der Waals surface area contributed by atoms with Gasteiger partial charge in [-0.1, -0.05) is 38.0 Å². The minimum atomic E-state index is -4.41. The van der Waals surface area contributed by atoms with Crippen LogP contribution in [0.5, 0.6) is 0 Å². The highest BCUT2D eigenvalue weighted by molar-refractivity contribution is 5.64. The smallest absolute Gasteiger partial charge is 0.166 e. The molecule has 1 rings (SSSR count). The summed E-state index contributed by atoms with van der Waals surface area (Å²) in [6, 6.07) is 0. The van der Waals surface area contributed by atoms with Crippen LogP contribution in [-0.2, 0) is 0 Å². The molecule has 0 bridgehead atoms. The van der Waals surface area contributed by atoms with Crippen LogP contribution in [0.25, 0.3) is 0 Å². The summed E-state index contributed by atoms with van der Waals surface area (Å²) < 4.78 is 37.2. The molecule has 0 nitrogen and oxygen atoms in total. The van der Waals surface area contributed by atoms with Crippen LogP contribution in [0.15, 0.2) is 71.9 Å². The highest BCUT2D eigenvalue weighted by Crippen LogP contribution is 2.40. The first-order valence-corrected chi connectivity index (χ1v) is 5.34. The van der Waals surface area contributed by atoms with Gasteiger partial charge in [0.1, 0.15) is 0 Å². The number of rotatable bonds is 2. The summed E-state index contributed by atoms with van der Waals surface area (Å²) in [5.74, 6) is 0. The lowest BCUT2D eigenvalue weighted by atomic mass is 10.1. The number of hydrogen-bond donors (Lipinski definition) is 0. The first kappa shape index (κ1) is 14.3. The van der Waals surface area contributed by atoms with Crippen molar-refractivity contribution in [3.8, 4) is 0 Å². The average Bonchev–Trinajstić information content (AvgIpc) is 2.44. The minimum absolute atomic E-state index is 0.389. The van der Waals surface area contributed by atoms with Gasteiger partial charge in [0.2, 0.25) is 0 Å². The van der Waals surface area contributed by atoms with Gasteiger partial charge >= 0.3 is 6.18 Å². The predicted molar refractivity (Wildman–Crippen MR) is 69.1 cm³/mol. The summed E-state index contributed by atoms with van der Waals surface area (Å²) in [6.07, 6.45) is -1.17. The molecule has 1 aliphatic carbocycles. The van der Waals surface area contributed by atoms with Gasteiger partial charge < -0.3 is 0 Å². The topological polar surface area (TPSA) is 0 Å². The van der Waals surface area contributed by atoms with Gasteiger partial charge in [-0.05, 0) is 41.7 Å². The first-order chi connectivity index (χ1) is 8.12. The fraction of sp³-hybridized carbons (Fsp3) is 0.200. The quantitative estimate of drug-likeness (QED) is 0.645. The van der Waals surface area contributed by atoms with Crippen LogP contribution in [0, 0.1) is 0 Å². The second-order valence-corrected chi connectivity index (χ2v) is 4.34. The molecule has 1 aliphatic rings. The number of halogens is 3. The molecule has 1 fully saturated rings. The zero-order chi connectivity index (χ0) is 14.1. The first-order valence-electron chi connectivity index (χ1n) is 5.34. The van der Waals surface area contributed by atoms with Gasteiger partial charge in [0, 0.05) is 5.57 Å². The van der Waals surface area contributed by atoms with Crippen LogP contribution in [-0.4, -0.2) is 6.18 Å². The third-order valence-electron chi connectivity index (χ3n) is 2.65. The molecule has 0 spiro atoms. The summed E-state index contributed by atoms with van der Waals surface area (Å²) >= 11 is 0. The number of alkyl halides is 3. The van der Waals surface area contributed by atoms with Crippen molar-refractivity contribution in [1.82, 2.24) is 0 Å². The van der Waals surface area contributed by atoms with Gasteiger partial charge in [-0.25, -0.2) is 0 Å². The maximum Gasteiger partial charge on any atom is 0.415 e. The Hall–Kier alpha value is -1.77. The van der Waals surface area contributed by atoms with Gasteiger partial charge in [0.15, 0.2) is 0 Å². The van der Waals surface area contributed by atoms with E-state index in [-0.39, 0.29) is 0 Å². The Labute approximate surface area is 105 Å². The third-order valence-corrected chi connectivity index (χ3v) is 2.65. The molecule has 3 heteroatoms. The van der Waals surface area contributed by atoms with Gasteiger partial charge in [-0.2, -0.15) is 13.2 Å². The molecule has 0 unspecified atom stereocenters. The van der Waals surface area contributed by atoms with Crippen molar-refractivity contribution < 1.29 is 13.2 Å². The number of hydrogen-bond acceptors (Lipinski definition) is 0. The monoisotopic (exact) mass is 252 g/mol. The van der Waals surface area contributed by atoms with E-state index in [1.165, 1.54) is 0 Å². The van der Waals surface area contributed by atoms with Gasteiger partial charge in [0.25, 0.3) is 0 Å². The van der Waals surface area contributed by atoms with Crippen molar-refractivity contribution in [1.29, 1.82) is 0 Å². The van der Waals surface area contributed by atoms with E-state index in [0.29, 0.717) is 23.1 Å². The van der Waals surface area contributed by atoms with Crippen LogP contribution >= 0.6 is 0 Å². The lowest BCUT2D eigenvalue weighted by Crippen LogP contribution is -2.09. The Morgan fingerprint density at radius 1 is 1.06 bits per heavy atom. The Bertz CT molecular complexity index is 496. The molecular formula is C15H15F3. The molecule has 0 aromatic rings. The van der Waals surface area contributed by atoms with Crippen molar-refractivity contribution >= 4 is 0 Å². The third kappa shape index (κ3) is 3.13. The molecule has 0 aromatic heterocycles. The molecule has 0 heterocycles. The van der Waals surface area contributed by atoms with E-state index in [4.69, 9.17) is 0 Å². The summed E-state index contributed by atoms with van der Waals surface area (Å²) in [4.78, 5) is 0. The van der Waals surface area contributed by atoms with E-state index in [0.717, 1.165) is 17.2 Å². The molecule has 0 amide bonds. The van der Waals surface area contributed by atoms with E-state index in [1.54, 1.807) is 0 Å². The zero-order valence-corrected chi connectivity index (χ0v) is 10.3. The van der Waals surface area contributed by atoms with Crippen LogP contribution in [0.4, 0.5) is 13.2 Å². The Morgan fingerprint density at radius 3 is 1.89 bits per heavy atom. The zero-order valence-electron chi connectivity index (χ0n) is 10.3. The molecule has 0 aliphatic heterocycles. The molecule has 18 heavy (non-hydrogen) atoms. The fourth-order valence-electron chi connectivity index (χ4n) is 1.67. The fourth-order valence-corrected chi connectivity index (χ4v) is 1.67. The van der Waals surface area contributed by atoms with Crippen LogP contribution < -0.4 is 0 Å². The molecule has 0 saturated heterocycles. The van der Waals surface area contributed by atoms with E-state index < -0.39 is 11.7 Å². The Kier molecular flexibility index (Phi) is 3.85. The van der Waals surface area contributed by atoms with Crippen molar-refractivity contribution in [2.45, 2.75) is 19.5 Å². The van der Waals surface area contributed by atoms with Crippen LogP contribution in [0.1, 0.15) is 13.3 Å². The molecular weight excluding hydrogens is 237 g/mol. The lowest BCUT2D eigenvalue weighted by molar-refractivity contribution is -0.0878. The summed E-state index contributed by atoms with van der Waals surface area (Å²) in [7, 11) is 0. The molecule has 96 valence electrons. The predicted octanol–water partition coefficient (Wildman–Crippen LogP) is 5.05. The molecule has 0 N–H and O–H groups in total. The largest absolute Gasteiger partial charge is 0.415 e. The second kappa shape index (κ2) is 4.84. The maximum absolute atomic E-state index is 12.4. The van der Waals surface area contributed by atoms with Crippen molar-refractivity contribution in [3.05, 3.63) is 71.9 Å². The lowest BCUT2D eigenvalue weighted by Gasteiger charge is -2.06. The number of allylic oxidation sites excluding steroid dienone is 8. The maximum atomic E-state index is 12.4. The van der Waals surface area contributed by atoms with E-state index in [2.05, 4.69) is 26.3 Å². The van der Waals surface area contributed by atoms with Crippen molar-refractivity contribution in [2.75, 3.05) is 0 Å². The normalized spacial score (nSPS) is 20.9. The second-order valence-electron chi connectivity index (χ2n) is 4.34. The van der Waals surface area contributed by atoms with Crippen molar-refractivity contribution in [2.24, 2.45) is 0 Å². The minimum Gasteiger partial charge on any atom is -0.166 e. The molecule has 0 radical (unpaired) electrons. The Morgan fingerprint density at radius 2 is 1.50 bits per heavy atom. The summed E-state index contributed by atoms with van der Waals surface area (Å²) in [6.45, 7) is 16.2. The van der Waals surface area contributed by atoms with Crippen LogP contribution in [0.2, 0.25) is 0 Å². The summed E-state index contributed by atoms with van der Waals surface area (Å²) in [5.41, 5.74) is 2.52. The van der Waals surface area contributed by atoms with Gasteiger partial charge in [-0.15, -0.1) is 0 Å². The van der Waals surface area contributed by atoms with E-state index in [1.807, 2.05) is 13.0 Å². The highest BCUT2D eigenvalue weighted by atomic mass is 19.4. The van der Waals surface area contributed by atoms with Crippen LogP contribution in [0.3, 0.4) is 0 Å². The SMILES string of the molecule is C=C(C)/C=C1/C/C(=C/C(=C)C(F)(F)F)C(=C)C1=C. The van der Waals surface area contributed by atoms with E-state index >= 15 is 0 Å². The summed E-state index contributed by atoms with van der Waals surface area (Å²) in [5, 5.41) is 0. The average molecular weight is 252 g/mol.